The molecule has 158 valence electrons. The first-order chi connectivity index (χ1) is 12.8. The van der Waals surface area contributed by atoms with Crippen LogP contribution in [-0.2, 0) is 13.8 Å². The van der Waals surface area contributed by atoms with E-state index in [4.69, 9.17) is 55.7 Å². The fourth-order valence-corrected chi connectivity index (χ4v) is 3.67. The summed E-state index contributed by atoms with van der Waals surface area (Å²) in [7, 11) is -4.44. The van der Waals surface area contributed by atoms with Gasteiger partial charge in [0.25, 0.3) is 0 Å². The quantitative estimate of drug-likeness (QED) is 0.273. The average molecular weight is 495 g/mol. The maximum absolute atomic E-state index is 12.7. The summed E-state index contributed by atoms with van der Waals surface area (Å²) in [6.07, 6.45) is -1.79. The predicted octanol–water partition coefficient (Wildman–Crippen LogP) is 5.34. The van der Waals surface area contributed by atoms with Crippen molar-refractivity contribution in [3.63, 3.8) is 0 Å². The molecule has 1 amide bonds. The first kappa shape index (κ1) is 25.5. The third-order valence-corrected chi connectivity index (χ3v) is 5.84. The molecule has 12 heteroatoms. The molecule has 1 rings (SSSR count). The van der Waals surface area contributed by atoms with Crippen molar-refractivity contribution in [1.29, 1.82) is 0 Å². The van der Waals surface area contributed by atoms with Crippen LogP contribution in [0.2, 0.25) is 5.02 Å². The lowest BCUT2D eigenvalue weighted by Gasteiger charge is -2.25. The van der Waals surface area contributed by atoms with E-state index >= 15 is 0 Å². The molecule has 1 aromatic rings. The van der Waals surface area contributed by atoms with E-state index in [2.05, 4.69) is 5.32 Å². The van der Waals surface area contributed by atoms with Crippen molar-refractivity contribution in [2.75, 3.05) is 6.61 Å². The Labute approximate surface area is 183 Å². The van der Waals surface area contributed by atoms with Gasteiger partial charge in [0.1, 0.15) is 12.4 Å². The molecule has 0 heterocycles. The van der Waals surface area contributed by atoms with Crippen LogP contribution in [0.15, 0.2) is 24.3 Å². The highest BCUT2D eigenvalue weighted by molar-refractivity contribution is 7.53. The maximum atomic E-state index is 12.7. The minimum Gasteiger partial charge on any atom is -0.445 e. The number of Topliss-reactive ketones (excluding diaryl/α,β-unsaturated/α-hetero) is 1. The molecule has 0 aliphatic heterocycles. The summed E-state index contributed by atoms with van der Waals surface area (Å²) < 4.78 is 20.6. The molecule has 0 saturated carbocycles. The minimum absolute atomic E-state index is 0.245. The van der Waals surface area contributed by atoms with Crippen molar-refractivity contribution < 1.29 is 28.3 Å². The van der Waals surface area contributed by atoms with Crippen LogP contribution in [0.1, 0.15) is 37.0 Å². The van der Waals surface area contributed by atoms with Crippen LogP contribution in [-0.4, -0.2) is 39.1 Å². The largest absolute Gasteiger partial charge is 0.445 e. The van der Waals surface area contributed by atoms with Gasteiger partial charge in [0, 0.05) is 17.0 Å². The molecular weight excluding hydrogens is 475 g/mol. The van der Waals surface area contributed by atoms with Crippen LogP contribution in [0.4, 0.5) is 4.79 Å². The molecule has 1 aromatic carbocycles. The number of halogens is 4. The number of nitrogens with one attached hydrogen (secondary N) is 1. The molecule has 3 unspecified atom stereocenters. The number of benzene rings is 1. The average Bonchev–Trinajstić information content (AvgIpc) is 2.58. The summed E-state index contributed by atoms with van der Waals surface area (Å²) >= 11 is 22.3. The standard InChI is InChI=1S/C16H20Cl4NO6P/c1-3-10(2)27-28(24,25)14(21-15(23)26-9-16(18,19)20)8-13(22)11-4-6-12(17)7-5-11/h4-7,10,14H,3,8-9H2,1-2H3,(H,21,23)(H,24,25). The Morgan fingerprint density at radius 2 is 1.82 bits per heavy atom. The van der Waals surface area contributed by atoms with E-state index in [0.29, 0.717) is 11.4 Å². The summed E-state index contributed by atoms with van der Waals surface area (Å²) in [6, 6.07) is 5.92. The SMILES string of the molecule is CCC(C)OP(=O)(O)C(CC(=O)c1ccc(Cl)cc1)NC(=O)OCC(Cl)(Cl)Cl. The first-order valence-corrected chi connectivity index (χ1v) is 11.3. The number of carbonyl (C=O) groups is 2. The predicted molar refractivity (Wildman–Crippen MR) is 110 cm³/mol. The monoisotopic (exact) mass is 493 g/mol. The summed E-state index contributed by atoms with van der Waals surface area (Å²) in [4.78, 5) is 34.7. The van der Waals surface area contributed by atoms with Gasteiger partial charge in [0.2, 0.25) is 3.79 Å². The fourth-order valence-electron chi connectivity index (χ4n) is 1.91. The molecule has 0 radical (unpaired) electrons. The highest BCUT2D eigenvalue weighted by atomic mass is 35.6. The lowest BCUT2D eigenvalue weighted by Crippen LogP contribution is -2.38. The number of carbonyl (C=O) groups excluding carboxylic acids is 2. The van der Waals surface area contributed by atoms with Gasteiger partial charge >= 0.3 is 13.7 Å². The molecular formula is C16H20Cl4NO6P. The van der Waals surface area contributed by atoms with Crippen LogP contribution in [0, 0.1) is 0 Å². The number of hydrogen-bond acceptors (Lipinski definition) is 5. The maximum Gasteiger partial charge on any atom is 0.408 e. The highest BCUT2D eigenvalue weighted by Gasteiger charge is 2.38. The van der Waals surface area contributed by atoms with E-state index in [9.17, 15) is 19.0 Å². The number of hydrogen-bond donors (Lipinski definition) is 2. The molecule has 0 spiro atoms. The number of rotatable bonds is 9. The summed E-state index contributed by atoms with van der Waals surface area (Å²) in [5.41, 5.74) is 0.245. The number of alkyl carbamates (subject to hydrolysis) is 1. The smallest absolute Gasteiger partial charge is 0.408 e. The van der Waals surface area contributed by atoms with Crippen LogP contribution in [0.5, 0.6) is 0 Å². The first-order valence-electron chi connectivity index (χ1n) is 8.13. The van der Waals surface area contributed by atoms with Gasteiger partial charge in [-0.05, 0) is 37.6 Å². The summed E-state index contributed by atoms with van der Waals surface area (Å²) in [6.45, 7) is 2.74. The summed E-state index contributed by atoms with van der Waals surface area (Å²) in [5.74, 6) is -2.07. The van der Waals surface area contributed by atoms with E-state index in [1.165, 1.54) is 24.3 Å². The van der Waals surface area contributed by atoms with Crippen molar-refractivity contribution >= 4 is 65.9 Å². The van der Waals surface area contributed by atoms with Crippen molar-refractivity contribution in [3.8, 4) is 0 Å². The van der Waals surface area contributed by atoms with Gasteiger partial charge in [-0.1, -0.05) is 53.3 Å². The van der Waals surface area contributed by atoms with Crippen molar-refractivity contribution in [2.24, 2.45) is 0 Å². The number of amides is 1. The van der Waals surface area contributed by atoms with Gasteiger partial charge in [-0.15, -0.1) is 0 Å². The fraction of sp³-hybridized carbons (Fsp3) is 0.500. The zero-order valence-corrected chi connectivity index (χ0v) is 19.0. The molecule has 2 N–H and O–H groups in total. The van der Waals surface area contributed by atoms with Gasteiger partial charge in [-0.3, -0.25) is 9.36 Å². The molecule has 0 aliphatic rings. The van der Waals surface area contributed by atoms with E-state index in [-0.39, 0.29) is 5.56 Å². The van der Waals surface area contributed by atoms with E-state index in [0.717, 1.165) is 0 Å². The molecule has 7 nitrogen and oxygen atoms in total. The van der Waals surface area contributed by atoms with Crippen LogP contribution in [0.25, 0.3) is 0 Å². The Hall–Kier alpha value is -0.530. The topological polar surface area (TPSA) is 102 Å². The Morgan fingerprint density at radius 1 is 1.25 bits per heavy atom. The molecule has 0 fully saturated rings. The lowest BCUT2D eigenvalue weighted by atomic mass is 10.1. The second-order valence-electron chi connectivity index (χ2n) is 5.87. The minimum atomic E-state index is -4.44. The van der Waals surface area contributed by atoms with Crippen molar-refractivity contribution in [2.45, 2.75) is 42.4 Å². The molecule has 3 atom stereocenters. The zero-order valence-electron chi connectivity index (χ0n) is 15.0. The lowest BCUT2D eigenvalue weighted by molar-refractivity contribution is 0.0963. The van der Waals surface area contributed by atoms with Gasteiger partial charge in [0.15, 0.2) is 5.78 Å². The molecule has 28 heavy (non-hydrogen) atoms. The van der Waals surface area contributed by atoms with Crippen LogP contribution >= 0.6 is 54.0 Å². The second kappa shape index (κ2) is 11.0. The van der Waals surface area contributed by atoms with Gasteiger partial charge in [-0.2, -0.15) is 0 Å². The van der Waals surface area contributed by atoms with Gasteiger partial charge < -0.3 is 19.5 Å². The molecule has 0 aliphatic carbocycles. The molecule has 0 bridgehead atoms. The molecule has 0 saturated heterocycles. The van der Waals surface area contributed by atoms with Crippen molar-refractivity contribution in [1.82, 2.24) is 5.32 Å². The Balaban J connectivity index is 2.96. The van der Waals surface area contributed by atoms with E-state index in [1.807, 2.05) is 0 Å². The summed E-state index contributed by atoms with van der Waals surface area (Å²) in [5, 5.41) is 2.57. The third-order valence-electron chi connectivity index (χ3n) is 3.50. The number of ether oxygens (including phenoxy) is 1. The Kier molecular flexibility index (Phi) is 10.0. The van der Waals surface area contributed by atoms with Gasteiger partial charge in [0.05, 0.1) is 6.10 Å². The van der Waals surface area contributed by atoms with Crippen LogP contribution < -0.4 is 5.32 Å². The third kappa shape index (κ3) is 9.31. The van der Waals surface area contributed by atoms with Crippen molar-refractivity contribution in [3.05, 3.63) is 34.9 Å². The Bertz CT molecular complexity index is 725. The zero-order chi connectivity index (χ0) is 21.5. The number of alkyl halides is 3. The van der Waals surface area contributed by atoms with E-state index in [1.54, 1.807) is 13.8 Å². The normalized spacial score (nSPS) is 16.0. The second-order valence-corrected chi connectivity index (χ2v) is 10.8. The Morgan fingerprint density at radius 3 is 2.32 bits per heavy atom. The van der Waals surface area contributed by atoms with Gasteiger partial charge in [-0.25, -0.2) is 4.79 Å². The van der Waals surface area contributed by atoms with Crippen LogP contribution in [0.3, 0.4) is 0 Å². The highest BCUT2D eigenvalue weighted by Crippen LogP contribution is 2.49. The molecule has 0 aromatic heterocycles. The van der Waals surface area contributed by atoms with E-state index < -0.39 is 48.2 Å². The number of ketones is 1.